The number of nitrogens with zero attached hydrogens (tertiary/aromatic N) is 4. The van der Waals surface area contributed by atoms with E-state index in [2.05, 4.69) is 114 Å². The average Bonchev–Trinajstić information content (AvgIpc) is 3.44. The van der Waals surface area contributed by atoms with Crippen LogP contribution in [0.5, 0.6) is 0 Å². The van der Waals surface area contributed by atoms with E-state index < -0.39 is 0 Å². The molecule has 2 aromatic heterocycles. The maximum atomic E-state index is 5.08. The molecule has 7 aromatic rings. The highest BCUT2D eigenvalue weighted by Crippen LogP contribution is 2.57. The molecule has 1 fully saturated rings. The molecular weight excluding hydrogens is 585 g/mol. The summed E-state index contributed by atoms with van der Waals surface area (Å²) >= 11 is 0. The summed E-state index contributed by atoms with van der Waals surface area (Å²) in [6.45, 7) is 0. The molecular formula is C44H34N4. The Morgan fingerprint density at radius 2 is 1.00 bits per heavy atom. The lowest BCUT2D eigenvalue weighted by Crippen LogP contribution is -2.27. The van der Waals surface area contributed by atoms with Crippen molar-refractivity contribution >= 4 is 0 Å². The standard InChI is InChI=1S/C44H34N4/c1-3-12-31(13-4-1)41-46-42(32-23-21-30(22-24-32)35-16-11-27-45-29-35)48-43(47-41)34-15-9-14-33(28-34)36-18-10-20-39-40(36)37-17-5-6-19-38(37)44(39)25-7-2-8-26-44/h1,3-6,9-24,27-29H,2,7-8,25-26H2. The Hall–Kier alpha value is -5.74. The van der Waals surface area contributed by atoms with Crippen molar-refractivity contribution in [3.8, 4) is 67.5 Å². The minimum Gasteiger partial charge on any atom is -0.264 e. The normalized spacial score (nSPS) is 14.4. The van der Waals surface area contributed by atoms with E-state index in [0.717, 1.165) is 27.8 Å². The largest absolute Gasteiger partial charge is 0.264 e. The SMILES string of the molecule is c1ccc(-c2nc(-c3ccc(-c4cccnc4)cc3)nc(-c3cccc(-c4cccc5c4-c4ccccc4C54CCCCC4)c3)n2)cc1. The lowest BCUT2D eigenvalue weighted by atomic mass is 9.68. The number of pyridine rings is 1. The minimum atomic E-state index is 0.123. The molecule has 4 nitrogen and oxygen atoms in total. The predicted molar refractivity (Wildman–Crippen MR) is 194 cm³/mol. The molecule has 1 saturated carbocycles. The highest BCUT2D eigenvalue weighted by atomic mass is 15.0. The number of benzene rings is 5. The zero-order valence-corrected chi connectivity index (χ0v) is 26.7. The molecule has 0 radical (unpaired) electrons. The fourth-order valence-electron chi connectivity index (χ4n) is 7.96. The van der Waals surface area contributed by atoms with E-state index >= 15 is 0 Å². The Morgan fingerprint density at radius 3 is 1.77 bits per heavy atom. The van der Waals surface area contributed by atoms with E-state index in [-0.39, 0.29) is 5.41 Å². The number of fused-ring (bicyclic) bond motifs is 5. The summed E-state index contributed by atoms with van der Waals surface area (Å²) in [5, 5.41) is 0. The predicted octanol–water partition coefficient (Wildman–Crippen LogP) is 10.8. The van der Waals surface area contributed by atoms with Crippen LogP contribution in [0, 0.1) is 0 Å². The zero-order valence-electron chi connectivity index (χ0n) is 26.7. The first-order valence-electron chi connectivity index (χ1n) is 16.9. The van der Waals surface area contributed by atoms with E-state index in [9.17, 15) is 0 Å². The van der Waals surface area contributed by atoms with Gasteiger partial charge in [-0.1, -0.05) is 141 Å². The molecule has 0 saturated heterocycles. The summed E-state index contributed by atoms with van der Waals surface area (Å²) in [4.78, 5) is 19.4. The van der Waals surface area contributed by atoms with Gasteiger partial charge in [0.1, 0.15) is 0 Å². The highest BCUT2D eigenvalue weighted by molar-refractivity contribution is 5.93. The van der Waals surface area contributed by atoms with Gasteiger partial charge in [0.25, 0.3) is 0 Å². The van der Waals surface area contributed by atoms with Crippen molar-refractivity contribution in [3.63, 3.8) is 0 Å². The summed E-state index contributed by atoms with van der Waals surface area (Å²) in [5.74, 6) is 1.97. The maximum absolute atomic E-state index is 5.08. The molecule has 5 aromatic carbocycles. The molecule has 2 aliphatic carbocycles. The first-order chi connectivity index (χ1) is 23.8. The van der Waals surface area contributed by atoms with Gasteiger partial charge in [0.05, 0.1) is 0 Å². The molecule has 0 bridgehead atoms. The molecule has 0 amide bonds. The number of rotatable bonds is 5. The van der Waals surface area contributed by atoms with Gasteiger partial charge in [0.15, 0.2) is 17.5 Å². The molecule has 2 aliphatic rings. The molecule has 0 atom stereocenters. The lowest BCUT2D eigenvalue weighted by Gasteiger charge is -2.36. The molecule has 230 valence electrons. The second-order valence-corrected chi connectivity index (χ2v) is 13.0. The molecule has 2 heterocycles. The van der Waals surface area contributed by atoms with Crippen LogP contribution in [-0.4, -0.2) is 19.9 Å². The van der Waals surface area contributed by atoms with Crippen LogP contribution in [0.4, 0.5) is 0 Å². The molecule has 0 aliphatic heterocycles. The van der Waals surface area contributed by atoms with Crippen LogP contribution in [-0.2, 0) is 5.41 Å². The van der Waals surface area contributed by atoms with E-state index in [4.69, 9.17) is 15.0 Å². The van der Waals surface area contributed by atoms with Crippen LogP contribution >= 0.6 is 0 Å². The minimum absolute atomic E-state index is 0.123. The van der Waals surface area contributed by atoms with Crippen LogP contribution < -0.4 is 0 Å². The molecule has 0 N–H and O–H groups in total. The van der Waals surface area contributed by atoms with Crippen molar-refractivity contribution in [2.24, 2.45) is 0 Å². The van der Waals surface area contributed by atoms with E-state index in [1.165, 1.54) is 65.5 Å². The second-order valence-electron chi connectivity index (χ2n) is 13.0. The van der Waals surface area contributed by atoms with Crippen molar-refractivity contribution in [2.45, 2.75) is 37.5 Å². The fraction of sp³-hybridized carbons (Fsp3) is 0.136. The Kier molecular flexibility index (Phi) is 7.01. The first kappa shape index (κ1) is 28.5. The third-order valence-corrected chi connectivity index (χ3v) is 10.2. The quantitative estimate of drug-likeness (QED) is 0.193. The summed E-state index contributed by atoms with van der Waals surface area (Å²) in [6.07, 6.45) is 10.0. The van der Waals surface area contributed by atoms with Crippen LogP contribution in [0.15, 0.2) is 146 Å². The Morgan fingerprint density at radius 1 is 0.417 bits per heavy atom. The van der Waals surface area contributed by atoms with E-state index in [1.54, 1.807) is 6.20 Å². The molecule has 9 rings (SSSR count). The molecule has 0 unspecified atom stereocenters. The Bertz CT molecular complexity index is 2250. The highest BCUT2D eigenvalue weighted by Gasteiger charge is 2.44. The van der Waals surface area contributed by atoms with E-state index in [0.29, 0.717) is 17.5 Å². The zero-order chi connectivity index (χ0) is 31.9. The van der Waals surface area contributed by atoms with Crippen molar-refractivity contribution in [3.05, 3.63) is 157 Å². The number of hydrogen-bond acceptors (Lipinski definition) is 4. The number of hydrogen-bond donors (Lipinski definition) is 0. The monoisotopic (exact) mass is 618 g/mol. The average molecular weight is 619 g/mol. The Labute approximate surface area is 281 Å². The van der Waals surface area contributed by atoms with Gasteiger partial charge >= 0.3 is 0 Å². The van der Waals surface area contributed by atoms with Gasteiger partial charge in [-0.25, -0.2) is 15.0 Å². The van der Waals surface area contributed by atoms with E-state index in [1.807, 2.05) is 30.5 Å². The first-order valence-corrected chi connectivity index (χ1v) is 16.9. The van der Waals surface area contributed by atoms with Crippen molar-refractivity contribution in [1.82, 2.24) is 19.9 Å². The number of aromatic nitrogens is 4. The Balaban J connectivity index is 1.16. The van der Waals surface area contributed by atoms with Gasteiger partial charge in [-0.05, 0) is 69.5 Å². The van der Waals surface area contributed by atoms with Crippen LogP contribution in [0.3, 0.4) is 0 Å². The van der Waals surface area contributed by atoms with Gasteiger partial charge in [-0.2, -0.15) is 0 Å². The van der Waals surface area contributed by atoms with Gasteiger partial charge in [0, 0.05) is 34.5 Å². The third-order valence-electron chi connectivity index (χ3n) is 10.2. The van der Waals surface area contributed by atoms with Crippen LogP contribution in [0.2, 0.25) is 0 Å². The van der Waals surface area contributed by atoms with Gasteiger partial charge < -0.3 is 0 Å². The molecule has 48 heavy (non-hydrogen) atoms. The fourth-order valence-corrected chi connectivity index (χ4v) is 7.96. The summed E-state index contributed by atoms with van der Waals surface area (Å²) < 4.78 is 0. The smallest absolute Gasteiger partial charge is 0.164 e. The molecule has 4 heteroatoms. The topological polar surface area (TPSA) is 51.6 Å². The van der Waals surface area contributed by atoms with Crippen molar-refractivity contribution in [1.29, 1.82) is 0 Å². The van der Waals surface area contributed by atoms with Crippen LogP contribution in [0.25, 0.3) is 67.5 Å². The maximum Gasteiger partial charge on any atom is 0.164 e. The lowest BCUT2D eigenvalue weighted by molar-refractivity contribution is 0.353. The summed E-state index contributed by atoms with van der Waals surface area (Å²) in [5.41, 5.74) is 13.4. The summed E-state index contributed by atoms with van der Waals surface area (Å²) in [7, 11) is 0. The third kappa shape index (κ3) is 4.84. The van der Waals surface area contributed by atoms with Crippen molar-refractivity contribution < 1.29 is 0 Å². The van der Waals surface area contributed by atoms with Gasteiger partial charge in [-0.3, -0.25) is 4.98 Å². The van der Waals surface area contributed by atoms with Gasteiger partial charge in [0.2, 0.25) is 0 Å². The van der Waals surface area contributed by atoms with Crippen LogP contribution in [0.1, 0.15) is 43.2 Å². The summed E-state index contributed by atoms with van der Waals surface area (Å²) in [6, 6.07) is 47.3. The second kappa shape index (κ2) is 11.8. The van der Waals surface area contributed by atoms with Gasteiger partial charge in [-0.15, -0.1) is 0 Å². The molecule has 1 spiro atoms. The van der Waals surface area contributed by atoms with Crippen molar-refractivity contribution in [2.75, 3.05) is 0 Å².